The molecule has 0 atom stereocenters. The highest BCUT2D eigenvalue weighted by Gasteiger charge is 2.23. The lowest BCUT2D eigenvalue weighted by Crippen LogP contribution is -2.42. The summed E-state index contributed by atoms with van der Waals surface area (Å²) in [4.78, 5) is 26.0. The standard InChI is InChI=1S/C17H21N3O3/c21-16(19-10-12-23-13-11-19)8-9-20-17(22)7-6-15(18-20)14-4-2-1-3-5-14/h1-5H,6-13H2. The first-order valence-corrected chi connectivity index (χ1v) is 8.03. The Bertz CT molecular complexity index is 594. The van der Waals surface area contributed by atoms with Crippen LogP contribution in [0.2, 0.25) is 0 Å². The van der Waals surface area contributed by atoms with E-state index < -0.39 is 0 Å². The highest BCUT2D eigenvalue weighted by Crippen LogP contribution is 2.15. The molecule has 0 N–H and O–H groups in total. The number of carbonyl (C=O) groups is 2. The zero-order chi connectivity index (χ0) is 16.1. The van der Waals surface area contributed by atoms with Crippen molar-refractivity contribution in [1.29, 1.82) is 0 Å². The van der Waals surface area contributed by atoms with Gasteiger partial charge in [-0.15, -0.1) is 0 Å². The number of amides is 2. The third kappa shape index (κ3) is 3.96. The Hall–Kier alpha value is -2.21. The van der Waals surface area contributed by atoms with Gasteiger partial charge in [0, 0.05) is 32.4 Å². The van der Waals surface area contributed by atoms with Crippen molar-refractivity contribution >= 4 is 17.5 Å². The molecule has 122 valence electrons. The fourth-order valence-corrected chi connectivity index (χ4v) is 2.79. The molecule has 23 heavy (non-hydrogen) atoms. The Labute approximate surface area is 135 Å². The average Bonchev–Trinajstić information content (AvgIpc) is 2.62. The average molecular weight is 315 g/mol. The molecular formula is C17H21N3O3. The molecule has 0 aromatic heterocycles. The van der Waals surface area contributed by atoms with Crippen LogP contribution in [0.5, 0.6) is 0 Å². The molecule has 6 heteroatoms. The number of carbonyl (C=O) groups excluding carboxylic acids is 2. The van der Waals surface area contributed by atoms with Gasteiger partial charge in [-0.05, 0) is 5.56 Å². The fraction of sp³-hybridized carbons (Fsp3) is 0.471. The third-order valence-electron chi connectivity index (χ3n) is 4.11. The molecule has 0 bridgehead atoms. The molecule has 0 saturated carbocycles. The minimum atomic E-state index is -0.0144. The summed E-state index contributed by atoms with van der Waals surface area (Å²) < 4.78 is 5.24. The summed E-state index contributed by atoms with van der Waals surface area (Å²) in [5, 5.41) is 5.90. The molecule has 0 radical (unpaired) electrons. The van der Waals surface area contributed by atoms with Crippen molar-refractivity contribution in [3.8, 4) is 0 Å². The van der Waals surface area contributed by atoms with E-state index in [0.717, 1.165) is 11.3 Å². The van der Waals surface area contributed by atoms with Gasteiger partial charge < -0.3 is 9.64 Å². The summed E-state index contributed by atoms with van der Waals surface area (Å²) in [5.41, 5.74) is 1.94. The lowest BCUT2D eigenvalue weighted by molar-refractivity contribution is -0.137. The van der Waals surface area contributed by atoms with Crippen molar-refractivity contribution in [3.63, 3.8) is 0 Å². The molecule has 2 aliphatic rings. The second kappa shape index (κ2) is 7.37. The normalized spacial score (nSPS) is 18.8. The number of hydrogen-bond donors (Lipinski definition) is 0. The fourth-order valence-electron chi connectivity index (χ4n) is 2.79. The molecule has 2 heterocycles. The highest BCUT2D eigenvalue weighted by atomic mass is 16.5. The predicted octanol–water partition coefficient (Wildman–Crippen LogP) is 1.26. The topological polar surface area (TPSA) is 62.2 Å². The van der Waals surface area contributed by atoms with E-state index in [1.807, 2.05) is 30.3 Å². The molecule has 1 aromatic rings. The van der Waals surface area contributed by atoms with Crippen LogP contribution in [0, 0.1) is 0 Å². The SMILES string of the molecule is O=C(CCN1N=C(c2ccccc2)CCC1=O)N1CCOCC1. The van der Waals surface area contributed by atoms with E-state index in [9.17, 15) is 9.59 Å². The Morgan fingerprint density at radius 2 is 1.87 bits per heavy atom. The molecule has 1 saturated heterocycles. The summed E-state index contributed by atoms with van der Waals surface area (Å²) in [6.07, 6.45) is 1.40. The van der Waals surface area contributed by atoms with Gasteiger partial charge in [0.25, 0.3) is 0 Å². The number of hydrazone groups is 1. The van der Waals surface area contributed by atoms with Gasteiger partial charge >= 0.3 is 0 Å². The number of ether oxygens (including phenoxy) is 1. The minimum absolute atomic E-state index is 0.0144. The predicted molar refractivity (Wildman–Crippen MR) is 85.9 cm³/mol. The van der Waals surface area contributed by atoms with E-state index in [2.05, 4.69) is 5.10 Å². The number of rotatable bonds is 4. The molecule has 6 nitrogen and oxygen atoms in total. The molecule has 1 aromatic carbocycles. The first-order valence-electron chi connectivity index (χ1n) is 8.03. The van der Waals surface area contributed by atoms with E-state index in [-0.39, 0.29) is 11.8 Å². The Morgan fingerprint density at radius 1 is 1.13 bits per heavy atom. The van der Waals surface area contributed by atoms with Gasteiger partial charge in [-0.3, -0.25) is 9.59 Å². The first kappa shape index (κ1) is 15.7. The monoisotopic (exact) mass is 315 g/mol. The van der Waals surface area contributed by atoms with Gasteiger partial charge in [-0.25, -0.2) is 5.01 Å². The smallest absolute Gasteiger partial charge is 0.243 e. The number of benzene rings is 1. The molecule has 1 fully saturated rings. The minimum Gasteiger partial charge on any atom is -0.378 e. The van der Waals surface area contributed by atoms with E-state index in [1.54, 1.807) is 4.90 Å². The van der Waals surface area contributed by atoms with E-state index in [1.165, 1.54) is 5.01 Å². The lowest BCUT2D eigenvalue weighted by atomic mass is 10.0. The van der Waals surface area contributed by atoms with Gasteiger partial charge in [0.05, 0.1) is 25.5 Å². The van der Waals surface area contributed by atoms with Crippen LogP contribution in [0.3, 0.4) is 0 Å². The van der Waals surface area contributed by atoms with Gasteiger partial charge in [-0.2, -0.15) is 5.10 Å². The van der Waals surface area contributed by atoms with E-state index in [4.69, 9.17) is 4.74 Å². The van der Waals surface area contributed by atoms with Crippen molar-refractivity contribution < 1.29 is 14.3 Å². The maximum absolute atomic E-state index is 12.2. The van der Waals surface area contributed by atoms with E-state index in [0.29, 0.717) is 52.1 Å². The second-order valence-corrected chi connectivity index (χ2v) is 5.67. The number of hydrogen-bond acceptors (Lipinski definition) is 4. The van der Waals surface area contributed by atoms with Crippen molar-refractivity contribution in [2.24, 2.45) is 5.10 Å². The van der Waals surface area contributed by atoms with Crippen molar-refractivity contribution in [3.05, 3.63) is 35.9 Å². The molecule has 0 unspecified atom stereocenters. The van der Waals surface area contributed by atoms with Crippen LogP contribution < -0.4 is 0 Å². The van der Waals surface area contributed by atoms with Gasteiger partial charge in [-0.1, -0.05) is 30.3 Å². The van der Waals surface area contributed by atoms with Gasteiger partial charge in [0.15, 0.2) is 0 Å². The summed E-state index contributed by atoms with van der Waals surface area (Å²) in [7, 11) is 0. The maximum atomic E-state index is 12.2. The number of morpholine rings is 1. The van der Waals surface area contributed by atoms with Crippen LogP contribution in [0.25, 0.3) is 0 Å². The van der Waals surface area contributed by atoms with Crippen LogP contribution in [0.15, 0.2) is 35.4 Å². The molecule has 2 aliphatic heterocycles. The van der Waals surface area contributed by atoms with E-state index >= 15 is 0 Å². The van der Waals surface area contributed by atoms with Gasteiger partial charge in [0.2, 0.25) is 11.8 Å². The Balaban J connectivity index is 1.61. The second-order valence-electron chi connectivity index (χ2n) is 5.67. The molecule has 2 amide bonds. The van der Waals surface area contributed by atoms with Gasteiger partial charge in [0.1, 0.15) is 0 Å². The van der Waals surface area contributed by atoms with Crippen molar-refractivity contribution in [1.82, 2.24) is 9.91 Å². The van der Waals surface area contributed by atoms with Crippen molar-refractivity contribution in [2.45, 2.75) is 19.3 Å². The van der Waals surface area contributed by atoms with Crippen LogP contribution >= 0.6 is 0 Å². The quantitative estimate of drug-likeness (QED) is 0.840. The third-order valence-corrected chi connectivity index (χ3v) is 4.11. The largest absolute Gasteiger partial charge is 0.378 e. The van der Waals surface area contributed by atoms with Crippen LogP contribution in [0.1, 0.15) is 24.8 Å². The highest BCUT2D eigenvalue weighted by molar-refractivity contribution is 6.04. The zero-order valence-electron chi connectivity index (χ0n) is 13.1. The zero-order valence-corrected chi connectivity index (χ0v) is 13.1. The Morgan fingerprint density at radius 3 is 2.61 bits per heavy atom. The van der Waals surface area contributed by atoms with Crippen LogP contribution in [0.4, 0.5) is 0 Å². The maximum Gasteiger partial charge on any atom is 0.243 e. The summed E-state index contributed by atoms with van der Waals surface area (Å²) >= 11 is 0. The lowest BCUT2D eigenvalue weighted by Gasteiger charge is -2.28. The van der Waals surface area contributed by atoms with Crippen LogP contribution in [-0.4, -0.2) is 60.3 Å². The molecular weight excluding hydrogens is 294 g/mol. The van der Waals surface area contributed by atoms with Crippen LogP contribution in [-0.2, 0) is 14.3 Å². The first-order chi connectivity index (χ1) is 11.2. The summed E-state index contributed by atoms with van der Waals surface area (Å²) in [6, 6.07) is 9.86. The number of nitrogens with zero attached hydrogens (tertiary/aromatic N) is 3. The summed E-state index contributed by atoms with van der Waals surface area (Å²) in [5.74, 6) is 0.0441. The Kier molecular flexibility index (Phi) is 5.02. The van der Waals surface area contributed by atoms with Crippen molar-refractivity contribution in [2.75, 3.05) is 32.8 Å². The molecule has 3 rings (SSSR count). The molecule has 0 aliphatic carbocycles. The summed E-state index contributed by atoms with van der Waals surface area (Å²) in [6.45, 7) is 2.78. The molecule has 0 spiro atoms.